The zero-order valence-corrected chi connectivity index (χ0v) is 26.9. The van der Waals surface area contributed by atoms with E-state index in [9.17, 15) is 19.8 Å². The molecule has 5 heterocycles. The van der Waals surface area contributed by atoms with E-state index >= 15 is 0 Å². The summed E-state index contributed by atoms with van der Waals surface area (Å²) in [5, 5.41) is 23.0. The molecule has 0 radical (unpaired) electrons. The largest absolute Gasteiger partial charge is 0.493 e. The van der Waals surface area contributed by atoms with Crippen molar-refractivity contribution < 1.29 is 29.3 Å². The minimum atomic E-state index is -1.11. The molecule has 14 heteroatoms. The van der Waals surface area contributed by atoms with E-state index < -0.39 is 6.09 Å². The fraction of sp³-hybridized carbons (Fsp3) is 0.242. The van der Waals surface area contributed by atoms with Crippen molar-refractivity contribution in [3.05, 3.63) is 82.4 Å². The monoisotopic (exact) mass is 676 g/mol. The molecule has 0 saturated carbocycles. The summed E-state index contributed by atoms with van der Waals surface area (Å²) in [6.07, 6.45) is 5.01. The molecule has 1 aromatic carbocycles. The second-order valence-corrected chi connectivity index (χ2v) is 11.7. The number of hydrogen-bond acceptors (Lipinski definition) is 8. The van der Waals surface area contributed by atoms with Gasteiger partial charge in [0.05, 0.1) is 54.5 Å². The molecule has 0 aliphatic carbocycles. The lowest BCUT2D eigenvalue weighted by molar-refractivity contribution is -0.119. The van der Waals surface area contributed by atoms with Gasteiger partial charge in [-0.15, -0.1) is 0 Å². The summed E-state index contributed by atoms with van der Waals surface area (Å²) in [6.45, 7) is -0.0332. The van der Waals surface area contributed by atoms with E-state index in [4.69, 9.17) is 32.7 Å². The number of carbonyl (C=O) groups is 2. The molecule has 1 atom stereocenters. The topological polar surface area (TPSA) is 151 Å². The first-order chi connectivity index (χ1) is 22.7. The van der Waals surface area contributed by atoms with Crippen molar-refractivity contribution in [3.63, 3.8) is 0 Å². The minimum Gasteiger partial charge on any atom is -0.493 e. The lowest BCUT2D eigenvalue weighted by Gasteiger charge is -2.23. The number of ether oxygens (including phenoxy) is 2. The molecule has 6 rings (SSSR count). The van der Waals surface area contributed by atoms with E-state index in [-0.39, 0.29) is 37.5 Å². The summed E-state index contributed by atoms with van der Waals surface area (Å²) in [7, 11) is 3.01. The van der Waals surface area contributed by atoms with Gasteiger partial charge in [-0.3, -0.25) is 9.78 Å². The molecule has 4 aromatic heterocycles. The normalized spacial score (nSPS) is 14.3. The number of benzene rings is 1. The van der Waals surface area contributed by atoms with Gasteiger partial charge >= 0.3 is 6.09 Å². The zero-order chi connectivity index (χ0) is 33.2. The Balaban J connectivity index is 1.33. The number of methoxy groups -OCH3 is 2. The summed E-state index contributed by atoms with van der Waals surface area (Å²) in [6, 6.07) is 12.3. The molecular formula is C33H30Cl2N6O6. The molecule has 0 bridgehead atoms. The van der Waals surface area contributed by atoms with Crippen LogP contribution in [0.15, 0.2) is 61.1 Å². The number of carboxylic acid groups (broad SMARTS) is 1. The molecule has 1 aliphatic heterocycles. The van der Waals surface area contributed by atoms with Gasteiger partial charge in [-0.2, -0.15) is 0 Å². The first kappa shape index (κ1) is 32.0. The van der Waals surface area contributed by atoms with Crippen LogP contribution in [0.25, 0.3) is 39.3 Å². The number of aliphatic hydroxyl groups excluding tert-OH is 1. The summed E-state index contributed by atoms with van der Waals surface area (Å²) >= 11 is 14.0. The van der Waals surface area contributed by atoms with E-state index in [1.165, 1.54) is 19.1 Å². The Hall–Kier alpha value is -4.91. The van der Waals surface area contributed by atoms with Crippen molar-refractivity contribution in [3.8, 4) is 45.3 Å². The number of pyridine rings is 3. The number of hydrogen-bond donors (Lipinski definition) is 3. The van der Waals surface area contributed by atoms with Crippen LogP contribution in [-0.4, -0.2) is 73.3 Å². The maximum Gasteiger partial charge on any atom is 0.407 e. The predicted molar refractivity (Wildman–Crippen MR) is 176 cm³/mol. The van der Waals surface area contributed by atoms with Gasteiger partial charge in [0.25, 0.3) is 0 Å². The first-order valence-electron chi connectivity index (χ1n) is 14.6. The Morgan fingerprint density at radius 2 is 1.85 bits per heavy atom. The van der Waals surface area contributed by atoms with Crippen molar-refractivity contribution in [1.82, 2.24) is 29.6 Å². The van der Waals surface area contributed by atoms with Crippen LogP contribution in [0.2, 0.25) is 10.0 Å². The summed E-state index contributed by atoms with van der Waals surface area (Å²) in [5.41, 5.74) is 5.20. The second kappa shape index (κ2) is 13.4. The smallest absolute Gasteiger partial charge is 0.407 e. The van der Waals surface area contributed by atoms with Gasteiger partial charge in [-0.1, -0.05) is 41.4 Å². The lowest BCUT2D eigenvalue weighted by atomic mass is 10.00. The molecule has 47 heavy (non-hydrogen) atoms. The highest BCUT2D eigenvalue weighted by Crippen LogP contribution is 2.42. The van der Waals surface area contributed by atoms with E-state index in [0.29, 0.717) is 79.2 Å². The number of imidazole rings is 1. The SMILES string of the molecule is COc1nc(-c2cccc(-c3ccnc(-c4cc(OC)c5nc(CO)cn5c4)c3Cl)c2Cl)ccc1CN(C[C@@H]1CCC(=O)N1)C(=O)O. The van der Waals surface area contributed by atoms with Crippen molar-refractivity contribution in [2.45, 2.75) is 32.0 Å². The third-order valence-electron chi connectivity index (χ3n) is 7.97. The Kier molecular flexibility index (Phi) is 9.17. The molecule has 1 fully saturated rings. The Bertz CT molecular complexity index is 2000. The number of halogens is 2. The number of fused-ring (bicyclic) bond motifs is 1. The highest BCUT2D eigenvalue weighted by Gasteiger charge is 2.26. The van der Waals surface area contributed by atoms with Gasteiger partial charge in [0.1, 0.15) is 0 Å². The molecule has 2 amide bonds. The van der Waals surface area contributed by atoms with Crippen LogP contribution in [0.1, 0.15) is 24.1 Å². The Morgan fingerprint density at radius 1 is 1.06 bits per heavy atom. The van der Waals surface area contributed by atoms with Gasteiger partial charge in [0, 0.05) is 65.4 Å². The maximum absolute atomic E-state index is 12.0. The molecular weight excluding hydrogens is 647 g/mol. The second-order valence-electron chi connectivity index (χ2n) is 10.9. The van der Waals surface area contributed by atoms with Gasteiger partial charge in [0.15, 0.2) is 11.4 Å². The van der Waals surface area contributed by atoms with Crippen molar-refractivity contribution in [2.24, 2.45) is 0 Å². The van der Waals surface area contributed by atoms with Gasteiger partial charge < -0.3 is 34.3 Å². The summed E-state index contributed by atoms with van der Waals surface area (Å²) < 4.78 is 12.9. The van der Waals surface area contributed by atoms with Crippen molar-refractivity contribution in [1.29, 1.82) is 0 Å². The van der Waals surface area contributed by atoms with Gasteiger partial charge in [0.2, 0.25) is 11.8 Å². The molecule has 1 saturated heterocycles. The third-order valence-corrected chi connectivity index (χ3v) is 8.76. The highest BCUT2D eigenvalue weighted by atomic mass is 35.5. The molecule has 0 unspecified atom stereocenters. The van der Waals surface area contributed by atoms with E-state index in [0.717, 1.165) is 0 Å². The number of rotatable bonds is 10. The van der Waals surface area contributed by atoms with E-state index in [2.05, 4.69) is 20.3 Å². The fourth-order valence-electron chi connectivity index (χ4n) is 5.68. The van der Waals surface area contributed by atoms with Crippen molar-refractivity contribution in [2.75, 3.05) is 20.8 Å². The Morgan fingerprint density at radius 3 is 2.55 bits per heavy atom. The van der Waals surface area contributed by atoms with Crippen LogP contribution in [0.5, 0.6) is 11.6 Å². The minimum absolute atomic E-state index is 0.0261. The molecule has 12 nitrogen and oxygen atoms in total. The number of aromatic nitrogens is 4. The molecule has 242 valence electrons. The maximum atomic E-state index is 12.0. The summed E-state index contributed by atoms with van der Waals surface area (Å²) in [5.74, 6) is 0.662. The first-order valence-corrected chi connectivity index (χ1v) is 15.4. The number of aliphatic hydroxyl groups is 1. The molecule has 5 aromatic rings. The number of amides is 2. The quantitative estimate of drug-likeness (QED) is 0.169. The molecule has 0 spiro atoms. The number of carbonyl (C=O) groups excluding carboxylic acids is 1. The standard InChI is InChI=1S/C33H30Cl2N6O6/c1-46-26-12-19(14-40-16-21(17-42)38-31(26)40)30-29(35)23(10-11-36-30)22-4-3-5-24(28(22)34)25-8-6-18(32(39-25)47-2)13-41(33(44)45)15-20-7-9-27(43)37-20/h3-6,8,10-12,14,16,20,42H,7,9,13,15,17H2,1-2H3,(H,37,43)(H,44,45)/t20-/m0/s1. The summed E-state index contributed by atoms with van der Waals surface area (Å²) in [4.78, 5) is 38.5. The van der Waals surface area contributed by atoms with Crippen LogP contribution >= 0.6 is 23.2 Å². The third kappa shape index (κ3) is 6.39. The molecule has 1 aliphatic rings. The lowest BCUT2D eigenvalue weighted by Crippen LogP contribution is -2.41. The number of nitrogens with zero attached hydrogens (tertiary/aromatic N) is 5. The van der Waals surface area contributed by atoms with E-state index in [1.54, 1.807) is 41.1 Å². The highest BCUT2D eigenvalue weighted by molar-refractivity contribution is 6.39. The average molecular weight is 678 g/mol. The number of nitrogens with one attached hydrogen (secondary N) is 1. The fourth-order valence-corrected chi connectivity index (χ4v) is 6.32. The van der Waals surface area contributed by atoms with Crippen LogP contribution in [0, 0.1) is 0 Å². The van der Waals surface area contributed by atoms with Crippen LogP contribution in [-0.2, 0) is 17.9 Å². The Labute approximate surface area is 279 Å². The average Bonchev–Trinajstić information content (AvgIpc) is 3.69. The van der Waals surface area contributed by atoms with E-state index in [1.807, 2.05) is 24.4 Å². The van der Waals surface area contributed by atoms with Crippen LogP contribution in [0.4, 0.5) is 4.79 Å². The van der Waals surface area contributed by atoms with Gasteiger partial charge in [-0.05, 0) is 30.7 Å². The van der Waals surface area contributed by atoms with Crippen LogP contribution < -0.4 is 14.8 Å². The van der Waals surface area contributed by atoms with Crippen LogP contribution in [0.3, 0.4) is 0 Å². The zero-order valence-electron chi connectivity index (χ0n) is 25.4. The van der Waals surface area contributed by atoms with Gasteiger partial charge in [-0.25, -0.2) is 14.8 Å². The molecule has 3 N–H and O–H groups in total. The predicted octanol–water partition coefficient (Wildman–Crippen LogP) is 5.70. The van der Waals surface area contributed by atoms with Crippen molar-refractivity contribution >= 4 is 40.8 Å².